The Morgan fingerprint density at radius 3 is 2.75 bits per heavy atom. The Bertz CT molecular complexity index is 513. The molecule has 3 heteroatoms. The Morgan fingerprint density at radius 2 is 2.05 bits per heavy atom. The van der Waals surface area contributed by atoms with Crippen LogP contribution in [0.4, 0.5) is 0 Å². The van der Waals surface area contributed by atoms with Gasteiger partial charge in [-0.2, -0.15) is 0 Å². The van der Waals surface area contributed by atoms with Crippen molar-refractivity contribution in [3.63, 3.8) is 0 Å². The Morgan fingerprint density at radius 1 is 1.20 bits per heavy atom. The summed E-state index contributed by atoms with van der Waals surface area (Å²) in [5, 5.41) is 3.38. The van der Waals surface area contributed by atoms with Crippen molar-refractivity contribution in [1.82, 2.24) is 10.3 Å². The number of hydrogen-bond acceptors (Lipinski definition) is 3. The van der Waals surface area contributed by atoms with Crippen LogP contribution in [-0.4, -0.2) is 18.6 Å². The van der Waals surface area contributed by atoms with Crippen molar-refractivity contribution < 1.29 is 4.74 Å². The predicted molar refractivity (Wildman–Crippen MR) is 82.0 cm³/mol. The second-order valence-corrected chi connectivity index (χ2v) is 4.79. The first-order valence-electron chi connectivity index (χ1n) is 7.13. The second kappa shape index (κ2) is 7.65. The van der Waals surface area contributed by atoms with Crippen molar-refractivity contribution in [2.24, 2.45) is 0 Å². The van der Waals surface area contributed by atoms with Crippen LogP contribution in [0.15, 0.2) is 48.8 Å². The zero-order chi connectivity index (χ0) is 14.2. The maximum Gasteiger partial charge on any atom is 0.124 e. The molecule has 1 N–H and O–H groups in total. The summed E-state index contributed by atoms with van der Waals surface area (Å²) in [6.45, 7) is 2.87. The van der Waals surface area contributed by atoms with E-state index in [4.69, 9.17) is 4.74 Å². The summed E-state index contributed by atoms with van der Waals surface area (Å²) in [7, 11) is 1.98. The molecule has 0 radical (unpaired) electrons. The summed E-state index contributed by atoms with van der Waals surface area (Å²) in [6.07, 6.45) is 5.63. The van der Waals surface area contributed by atoms with Gasteiger partial charge in [-0.1, -0.05) is 31.2 Å². The van der Waals surface area contributed by atoms with Gasteiger partial charge in [-0.25, -0.2) is 0 Å². The van der Waals surface area contributed by atoms with Gasteiger partial charge in [0, 0.05) is 24.0 Å². The molecule has 1 aromatic carbocycles. The number of benzene rings is 1. The van der Waals surface area contributed by atoms with Crippen LogP contribution in [-0.2, 0) is 6.42 Å². The Kier molecular flexibility index (Phi) is 5.56. The summed E-state index contributed by atoms with van der Waals surface area (Å²) in [6, 6.07) is 12.6. The molecule has 2 aromatic rings. The monoisotopic (exact) mass is 270 g/mol. The molecule has 0 fully saturated rings. The molecule has 1 unspecified atom stereocenters. The fourth-order valence-corrected chi connectivity index (χ4v) is 2.23. The first kappa shape index (κ1) is 14.5. The molecule has 0 aliphatic carbocycles. The number of para-hydroxylation sites is 1. The number of pyridine rings is 1. The van der Waals surface area contributed by atoms with Gasteiger partial charge in [-0.3, -0.25) is 4.98 Å². The highest BCUT2D eigenvalue weighted by Gasteiger charge is 2.14. The zero-order valence-corrected chi connectivity index (χ0v) is 12.2. The molecule has 20 heavy (non-hydrogen) atoms. The van der Waals surface area contributed by atoms with Crippen LogP contribution >= 0.6 is 0 Å². The second-order valence-electron chi connectivity index (χ2n) is 4.79. The molecule has 0 amide bonds. The highest BCUT2D eigenvalue weighted by molar-refractivity contribution is 5.37. The third kappa shape index (κ3) is 3.81. The van der Waals surface area contributed by atoms with Gasteiger partial charge in [0.1, 0.15) is 5.75 Å². The minimum Gasteiger partial charge on any atom is -0.493 e. The first-order valence-corrected chi connectivity index (χ1v) is 7.13. The van der Waals surface area contributed by atoms with Gasteiger partial charge in [-0.15, -0.1) is 0 Å². The van der Waals surface area contributed by atoms with Crippen LogP contribution < -0.4 is 10.1 Å². The molecule has 0 aliphatic rings. The normalized spacial score (nSPS) is 12.1. The minimum absolute atomic E-state index is 0.229. The van der Waals surface area contributed by atoms with Gasteiger partial charge in [0.25, 0.3) is 0 Å². The molecule has 0 saturated carbocycles. The predicted octanol–water partition coefficient (Wildman–Crippen LogP) is 3.37. The number of nitrogens with zero attached hydrogens (tertiary/aromatic N) is 1. The molecule has 1 atom stereocenters. The van der Waals surface area contributed by atoms with E-state index in [0.717, 1.165) is 25.2 Å². The van der Waals surface area contributed by atoms with E-state index in [1.54, 1.807) is 6.20 Å². The summed E-state index contributed by atoms with van der Waals surface area (Å²) >= 11 is 0. The van der Waals surface area contributed by atoms with Crippen LogP contribution in [0, 0.1) is 0 Å². The van der Waals surface area contributed by atoms with Gasteiger partial charge < -0.3 is 10.1 Å². The summed E-state index contributed by atoms with van der Waals surface area (Å²) < 4.78 is 5.85. The smallest absolute Gasteiger partial charge is 0.124 e. The van der Waals surface area contributed by atoms with Gasteiger partial charge in [0.15, 0.2) is 0 Å². The Hall–Kier alpha value is -1.87. The molecule has 0 spiro atoms. The number of ether oxygens (including phenoxy) is 1. The Labute approximate surface area is 121 Å². The lowest BCUT2D eigenvalue weighted by atomic mass is 9.99. The number of hydrogen-bond donors (Lipinski definition) is 1. The third-order valence-corrected chi connectivity index (χ3v) is 3.27. The fourth-order valence-electron chi connectivity index (χ4n) is 2.23. The molecule has 0 saturated heterocycles. The van der Waals surface area contributed by atoms with E-state index in [0.29, 0.717) is 0 Å². The van der Waals surface area contributed by atoms with Crippen molar-refractivity contribution in [2.75, 3.05) is 13.7 Å². The zero-order valence-electron chi connectivity index (χ0n) is 12.2. The lowest BCUT2D eigenvalue weighted by Crippen LogP contribution is -2.20. The average molecular weight is 270 g/mol. The number of rotatable bonds is 7. The van der Waals surface area contributed by atoms with E-state index < -0.39 is 0 Å². The van der Waals surface area contributed by atoms with E-state index >= 15 is 0 Å². The van der Waals surface area contributed by atoms with Crippen molar-refractivity contribution in [3.05, 3.63) is 59.9 Å². The SMILES string of the molecule is CCCOc1ccccc1C(Cc1cccnc1)NC. The van der Waals surface area contributed by atoms with Gasteiger partial charge in [0.2, 0.25) is 0 Å². The number of aromatic nitrogens is 1. The van der Waals surface area contributed by atoms with E-state index in [2.05, 4.69) is 35.4 Å². The van der Waals surface area contributed by atoms with Gasteiger partial charge in [0.05, 0.1) is 6.61 Å². The molecule has 3 nitrogen and oxygen atoms in total. The Balaban J connectivity index is 2.18. The lowest BCUT2D eigenvalue weighted by Gasteiger charge is -2.20. The summed E-state index contributed by atoms with van der Waals surface area (Å²) in [5.74, 6) is 0.970. The number of nitrogens with one attached hydrogen (secondary N) is 1. The van der Waals surface area contributed by atoms with Crippen LogP contribution in [0.5, 0.6) is 5.75 Å². The molecular weight excluding hydrogens is 248 g/mol. The average Bonchev–Trinajstić information content (AvgIpc) is 2.52. The van der Waals surface area contributed by atoms with E-state index in [1.807, 2.05) is 31.4 Å². The summed E-state index contributed by atoms with van der Waals surface area (Å²) in [5.41, 5.74) is 2.42. The van der Waals surface area contributed by atoms with Gasteiger partial charge in [-0.05, 0) is 37.6 Å². The molecule has 0 aliphatic heterocycles. The van der Waals surface area contributed by atoms with E-state index in [1.165, 1.54) is 11.1 Å². The molecule has 1 aromatic heterocycles. The van der Waals surface area contributed by atoms with Crippen LogP contribution in [0.2, 0.25) is 0 Å². The minimum atomic E-state index is 0.229. The standard InChI is InChI=1S/C17H22N2O/c1-3-11-20-17-9-5-4-8-15(17)16(18-2)12-14-7-6-10-19-13-14/h4-10,13,16,18H,3,11-12H2,1-2H3. The van der Waals surface area contributed by atoms with E-state index in [9.17, 15) is 0 Å². The quantitative estimate of drug-likeness (QED) is 0.837. The largest absolute Gasteiger partial charge is 0.493 e. The number of likely N-dealkylation sites (N-methyl/N-ethyl adjacent to an activating group) is 1. The van der Waals surface area contributed by atoms with Crippen molar-refractivity contribution >= 4 is 0 Å². The van der Waals surface area contributed by atoms with Crippen LogP contribution in [0.25, 0.3) is 0 Å². The lowest BCUT2D eigenvalue weighted by molar-refractivity contribution is 0.310. The molecule has 106 valence electrons. The van der Waals surface area contributed by atoms with Crippen molar-refractivity contribution in [3.8, 4) is 5.75 Å². The van der Waals surface area contributed by atoms with Crippen molar-refractivity contribution in [1.29, 1.82) is 0 Å². The molecule has 0 bridgehead atoms. The highest BCUT2D eigenvalue weighted by atomic mass is 16.5. The van der Waals surface area contributed by atoms with E-state index in [-0.39, 0.29) is 6.04 Å². The summed E-state index contributed by atoms with van der Waals surface area (Å²) in [4.78, 5) is 4.18. The third-order valence-electron chi connectivity index (χ3n) is 3.27. The maximum atomic E-state index is 5.85. The topological polar surface area (TPSA) is 34.1 Å². The van der Waals surface area contributed by atoms with Crippen molar-refractivity contribution in [2.45, 2.75) is 25.8 Å². The first-order chi connectivity index (χ1) is 9.85. The molecular formula is C17H22N2O. The van der Waals surface area contributed by atoms with Crippen LogP contribution in [0.3, 0.4) is 0 Å². The highest BCUT2D eigenvalue weighted by Crippen LogP contribution is 2.27. The van der Waals surface area contributed by atoms with Gasteiger partial charge >= 0.3 is 0 Å². The maximum absolute atomic E-state index is 5.85. The fraction of sp³-hybridized carbons (Fsp3) is 0.353. The van der Waals surface area contributed by atoms with Crippen LogP contribution in [0.1, 0.15) is 30.5 Å². The molecule has 2 rings (SSSR count). The molecule has 1 heterocycles.